The van der Waals surface area contributed by atoms with Gasteiger partial charge in [0.25, 0.3) is 6.43 Å². The molecule has 0 aliphatic carbocycles. The Morgan fingerprint density at radius 1 is 1.21 bits per heavy atom. The number of alkyl halides is 2. The van der Waals surface area contributed by atoms with Crippen LogP contribution < -0.4 is 0 Å². The van der Waals surface area contributed by atoms with Crippen molar-refractivity contribution in [2.75, 3.05) is 19.6 Å². The van der Waals surface area contributed by atoms with E-state index in [1.807, 2.05) is 4.90 Å². The zero-order valence-electron chi connectivity index (χ0n) is 9.18. The quantitative estimate of drug-likeness (QED) is 0.682. The molecule has 0 amide bonds. The van der Waals surface area contributed by atoms with E-state index in [9.17, 15) is 8.78 Å². The van der Waals surface area contributed by atoms with Gasteiger partial charge in [0.2, 0.25) is 0 Å². The van der Waals surface area contributed by atoms with Crippen molar-refractivity contribution in [3.63, 3.8) is 0 Å². The van der Waals surface area contributed by atoms with Crippen LogP contribution >= 0.6 is 0 Å². The van der Waals surface area contributed by atoms with Gasteiger partial charge in [-0.3, -0.25) is 4.90 Å². The molecule has 0 spiro atoms. The smallest absolute Gasteiger partial charge is 0.251 e. The first-order valence-electron chi connectivity index (χ1n) is 5.58. The largest absolute Gasteiger partial charge is 0.298 e. The Morgan fingerprint density at radius 2 is 1.79 bits per heavy atom. The average Bonchev–Trinajstić information content (AvgIpc) is 2.06. The normalized spacial score (nSPS) is 21.0. The van der Waals surface area contributed by atoms with E-state index in [-0.39, 0.29) is 6.54 Å². The lowest BCUT2D eigenvalue weighted by Crippen LogP contribution is -2.37. The molecule has 1 aliphatic heterocycles. The van der Waals surface area contributed by atoms with Crippen LogP contribution in [-0.4, -0.2) is 31.0 Å². The Labute approximate surface area is 85.5 Å². The van der Waals surface area contributed by atoms with Crippen LogP contribution in [0.3, 0.4) is 0 Å². The van der Waals surface area contributed by atoms with Gasteiger partial charge < -0.3 is 0 Å². The predicted molar refractivity (Wildman–Crippen MR) is 54.6 cm³/mol. The summed E-state index contributed by atoms with van der Waals surface area (Å²) < 4.78 is 24.2. The van der Waals surface area contributed by atoms with E-state index in [0.717, 1.165) is 37.8 Å². The highest BCUT2D eigenvalue weighted by molar-refractivity contribution is 4.73. The maximum atomic E-state index is 12.1. The third-order valence-electron chi connectivity index (χ3n) is 2.91. The van der Waals surface area contributed by atoms with E-state index >= 15 is 0 Å². The zero-order chi connectivity index (χ0) is 10.6. The Balaban J connectivity index is 2.17. The van der Waals surface area contributed by atoms with Crippen LogP contribution in [0.2, 0.25) is 0 Å². The van der Waals surface area contributed by atoms with Gasteiger partial charge in [-0.2, -0.15) is 0 Å². The average molecular weight is 205 g/mol. The van der Waals surface area contributed by atoms with Crippen molar-refractivity contribution in [3.8, 4) is 0 Å². The van der Waals surface area contributed by atoms with Gasteiger partial charge in [-0.25, -0.2) is 8.78 Å². The van der Waals surface area contributed by atoms with Gasteiger partial charge in [-0.05, 0) is 44.2 Å². The summed E-state index contributed by atoms with van der Waals surface area (Å²) >= 11 is 0. The Kier molecular flexibility index (Phi) is 4.79. The first kappa shape index (κ1) is 11.9. The van der Waals surface area contributed by atoms with Crippen LogP contribution in [0.1, 0.15) is 33.1 Å². The zero-order valence-corrected chi connectivity index (χ0v) is 9.18. The molecule has 1 nitrogen and oxygen atoms in total. The van der Waals surface area contributed by atoms with Crippen molar-refractivity contribution in [3.05, 3.63) is 0 Å². The number of hydrogen-bond acceptors (Lipinski definition) is 1. The molecule has 0 unspecified atom stereocenters. The predicted octanol–water partition coefficient (Wildman–Crippen LogP) is 3.01. The topological polar surface area (TPSA) is 3.24 Å². The van der Waals surface area contributed by atoms with E-state index in [1.165, 1.54) is 6.42 Å². The fraction of sp³-hybridized carbons (Fsp3) is 1.00. The molecule has 0 aromatic rings. The third kappa shape index (κ3) is 4.36. The molecule has 1 heterocycles. The summed E-state index contributed by atoms with van der Waals surface area (Å²) in [6.45, 7) is 6.15. The van der Waals surface area contributed by atoms with Gasteiger partial charge in [0, 0.05) is 0 Å². The summed E-state index contributed by atoms with van der Waals surface area (Å²) in [4.78, 5) is 1.89. The summed E-state index contributed by atoms with van der Waals surface area (Å²) in [5.74, 6) is 1.51. The van der Waals surface area contributed by atoms with Gasteiger partial charge in [0.1, 0.15) is 0 Å². The molecular formula is C11H21F2N. The highest BCUT2D eigenvalue weighted by atomic mass is 19.3. The first-order chi connectivity index (χ1) is 6.58. The maximum Gasteiger partial charge on any atom is 0.251 e. The highest BCUT2D eigenvalue weighted by Gasteiger charge is 2.21. The van der Waals surface area contributed by atoms with Crippen molar-refractivity contribution in [1.29, 1.82) is 0 Å². The summed E-state index contributed by atoms with van der Waals surface area (Å²) in [6, 6.07) is 0. The number of piperidine rings is 1. The molecular weight excluding hydrogens is 184 g/mol. The Hall–Kier alpha value is -0.180. The van der Waals surface area contributed by atoms with Crippen molar-refractivity contribution in [1.82, 2.24) is 4.90 Å². The standard InChI is InChI=1S/C11H21F2N/c1-9(2)7-10-3-5-14(6-4-10)8-11(12)13/h9-11H,3-8H2,1-2H3. The van der Waals surface area contributed by atoms with Crippen LogP contribution in [0.5, 0.6) is 0 Å². The fourth-order valence-corrected chi connectivity index (χ4v) is 2.27. The fourth-order valence-electron chi connectivity index (χ4n) is 2.27. The molecule has 0 aromatic carbocycles. The van der Waals surface area contributed by atoms with Crippen LogP contribution in [-0.2, 0) is 0 Å². The summed E-state index contributed by atoms with van der Waals surface area (Å²) in [5.41, 5.74) is 0. The molecule has 3 heteroatoms. The van der Waals surface area contributed by atoms with Crippen molar-refractivity contribution >= 4 is 0 Å². The number of rotatable bonds is 4. The maximum absolute atomic E-state index is 12.1. The van der Waals surface area contributed by atoms with Crippen LogP contribution in [0.25, 0.3) is 0 Å². The second-order valence-corrected chi connectivity index (χ2v) is 4.76. The molecule has 0 atom stereocenters. The number of nitrogens with zero attached hydrogens (tertiary/aromatic N) is 1. The minimum absolute atomic E-state index is 0.0333. The SMILES string of the molecule is CC(C)CC1CCN(CC(F)F)CC1. The Morgan fingerprint density at radius 3 is 2.21 bits per heavy atom. The lowest BCUT2D eigenvalue weighted by atomic mass is 9.89. The lowest BCUT2D eigenvalue weighted by Gasteiger charge is -2.32. The second-order valence-electron chi connectivity index (χ2n) is 4.76. The van der Waals surface area contributed by atoms with E-state index in [2.05, 4.69) is 13.8 Å². The van der Waals surface area contributed by atoms with Crippen LogP contribution in [0.15, 0.2) is 0 Å². The Bertz CT molecular complexity index is 133. The molecule has 1 aliphatic rings. The molecule has 1 fully saturated rings. The summed E-state index contributed by atoms with van der Waals surface area (Å²) in [5, 5.41) is 0. The minimum atomic E-state index is -2.17. The third-order valence-corrected chi connectivity index (χ3v) is 2.91. The molecule has 0 saturated carbocycles. The molecule has 0 radical (unpaired) electrons. The number of likely N-dealkylation sites (tertiary alicyclic amines) is 1. The molecule has 14 heavy (non-hydrogen) atoms. The van der Waals surface area contributed by atoms with Crippen molar-refractivity contribution in [2.45, 2.75) is 39.5 Å². The second kappa shape index (κ2) is 5.64. The lowest BCUT2D eigenvalue weighted by molar-refractivity contribution is 0.0666. The summed E-state index contributed by atoms with van der Waals surface area (Å²) in [6.07, 6.45) is 1.29. The van der Waals surface area contributed by atoms with Crippen molar-refractivity contribution < 1.29 is 8.78 Å². The van der Waals surface area contributed by atoms with Gasteiger partial charge >= 0.3 is 0 Å². The van der Waals surface area contributed by atoms with Crippen molar-refractivity contribution in [2.24, 2.45) is 11.8 Å². The monoisotopic (exact) mass is 205 g/mol. The van der Waals surface area contributed by atoms with E-state index < -0.39 is 6.43 Å². The van der Waals surface area contributed by atoms with E-state index in [0.29, 0.717) is 0 Å². The molecule has 0 aromatic heterocycles. The van der Waals surface area contributed by atoms with Gasteiger partial charge in [0.05, 0.1) is 6.54 Å². The summed E-state index contributed by atoms with van der Waals surface area (Å²) in [7, 11) is 0. The van der Waals surface area contributed by atoms with Gasteiger partial charge in [0.15, 0.2) is 0 Å². The van der Waals surface area contributed by atoms with Crippen LogP contribution in [0, 0.1) is 11.8 Å². The molecule has 1 saturated heterocycles. The van der Waals surface area contributed by atoms with Gasteiger partial charge in [-0.15, -0.1) is 0 Å². The van der Waals surface area contributed by atoms with Gasteiger partial charge in [-0.1, -0.05) is 13.8 Å². The molecule has 1 rings (SSSR count). The molecule has 0 bridgehead atoms. The minimum Gasteiger partial charge on any atom is -0.298 e. The molecule has 84 valence electrons. The molecule has 0 N–H and O–H groups in total. The number of halogens is 2. The van der Waals surface area contributed by atoms with E-state index in [1.54, 1.807) is 0 Å². The first-order valence-corrected chi connectivity index (χ1v) is 5.58. The van der Waals surface area contributed by atoms with Crippen LogP contribution in [0.4, 0.5) is 8.78 Å². The number of hydrogen-bond donors (Lipinski definition) is 0. The van der Waals surface area contributed by atoms with E-state index in [4.69, 9.17) is 0 Å². The highest BCUT2D eigenvalue weighted by Crippen LogP contribution is 2.24.